The lowest BCUT2D eigenvalue weighted by Gasteiger charge is -2.19. The number of carboxylic acids is 1. The number of benzene rings is 1. The quantitative estimate of drug-likeness (QED) is 0.225. The summed E-state index contributed by atoms with van der Waals surface area (Å²) in [7, 11) is 1.39. The Kier molecular flexibility index (Phi) is 10.7. The van der Waals surface area contributed by atoms with Crippen molar-refractivity contribution in [3.8, 4) is 0 Å². The molecule has 1 aromatic rings. The lowest BCUT2D eigenvalue weighted by molar-refractivity contribution is -0.120. The van der Waals surface area contributed by atoms with Gasteiger partial charge in [-0.15, -0.1) is 0 Å². The lowest BCUT2D eigenvalue weighted by Crippen LogP contribution is -2.35. The van der Waals surface area contributed by atoms with Crippen molar-refractivity contribution in [2.75, 3.05) is 38.7 Å². The first-order chi connectivity index (χ1) is 12.6. The smallest absolute Gasteiger partial charge is 0.337 e. The molecule has 0 aliphatic rings. The van der Waals surface area contributed by atoms with Gasteiger partial charge in [0.05, 0.1) is 43.2 Å². The van der Waals surface area contributed by atoms with Gasteiger partial charge in [0.2, 0.25) is 0 Å². The van der Waals surface area contributed by atoms with Gasteiger partial charge >= 0.3 is 5.97 Å². The number of carbonyl (C=O) groups excluding carboxylic acids is 2. The van der Waals surface area contributed by atoms with Crippen LogP contribution in [0.4, 0.5) is 5.69 Å². The van der Waals surface area contributed by atoms with E-state index in [0.29, 0.717) is 12.8 Å². The molecule has 12 heteroatoms. The Morgan fingerprint density at radius 1 is 1.11 bits per heavy atom. The Morgan fingerprint density at radius 3 is 2.22 bits per heavy atom. The first kappa shape index (κ1) is 24.7. The number of nitrogens with one attached hydrogen (secondary N) is 2. The number of halogens is 3. The van der Waals surface area contributed by atoms with E-state index in [0.717, 1.165) is 0 Å². The number of amides is 1. The fourth-order valence-corrected chi connectivity index (χ4v) is 6.47. The van der Waals surface area contributed by atoms with Crippen molar-refractivity contribution in [2.24, 2.45) is 0 Å². The van der Waals surface area contributed by atoms with E-state index in [1.165, 1.54) is 7.11 Å². The monoisotopic (exact) mass is 718 g/mol. The summed E-state index contributed by atoms with van der Waals surface area (Å²) in [5.74, 6) is -2.05. The van der Waals surface area contributed by atoms with Gasteiger partial charge < -0.3 is 30.7 Å². The third kappa shape index (κ3) is 6.62. The van der Waals surface area contributed by atoms with Crippen LogP contribution in [0.1, 0.15) is 20.7 Å². The molecule has 150 valence electrons. The highest BCUT2D eigenvalue weighted by Crippen LogP contribution is 2.35. The van der Waals surface area contributed by atoms with Gasteiger partial charge in [0, 0.05) is 17.2 Å². The van der Waals surface area contributed by atoms with Crippen LogP contribution in [0.3, 0.4) is 0 Å². The van der Waals surface area contributed by atoms with Gasteiger partial charge in [0.1, 0.15) is 6.61 Å². The summed E-state index contributed by atoms with van der Waals surface area (Å²) in [6.45, 7) is -0.895. The van der Waals surface area contributed by atoms with Gasteiger partial charge in [-0.25, -0.2) is 4.79 Å². The standard InChI is InChI=1S/C15H17I3N2O7/c1-27-5-7(23)3-19-13-11(17)8(14(24)20-2-6(22)4-21)10(16)9(12(13)18)15(25)26/h6,19,21-22H,2-5H2,1H3,(H,20,24)(H,25,26). The van der Waals surface area contributed by atoms with Crippen LogP contribution in [-0.2, 0) is 9.53 Å². The average Bonchev–Trinajstić information content (AvgIpc) is 2.59. The molecule has 0 fully saturated rings. The van der Waals surface area contributed by atoms with Crippen molar-refractivity contribution in [1.29, 1.82) is 0 Å². The summed E-state index contributed by atoms with van der Waals surface area (Å²) in [6, 6.07) is 0. The van der Waals surface area contributed by atoms with E-state index in [2.05, 4.69) is 10.6 Å². The van der Waals surface area contributed by atoms with Gasteiger partial charge in [-0.3, -0.25) is 9.59 Å². The minimum Gasteiger partial charge on any atom is -0.478 e. The zero-order chi connectivity index (χ0) is 20.7. The van der Waals surface area contributed by atoms with Crippen molar-refractivity contribution in [3.63, 3.8) is 0 Å². The molecule has 0 saturated carbocycles. The first-order valence-corrected chi connectivity index (χ1v) is 10.6. The number of anilines is 1. The molecule has 0 saturated heterocycles. The highest BCUT2D eigenvalue weighted by Gasteiger charge is 2.28. The number of hydrogen-bond acceptors (Lipinski definition) is 7. The number of carbonyl (C=O) groups is 3. The van der Waals surface area contributed by atoms with Gasteiger partial charge in [-0.2, -0.15) is 0 Å². The molecule has 0 radical (unpaired) electrons. The summed E-state index contributed by atoms with van der Waals surface area (Å²) in [5, 5.41) is 33.2. The van der Waals surface area contributed by atoms with E-state index >= 15 is 0 Å². The molecule has 0 bridgehead atoms. The average molecular weight is 718 g/mol. The number of ketones is 1. The van der Waals surface area contributed by atoms with Gasteiger partial charge in [0.15, 0.2) is 5.78 Å². The Hall–Kier alpha value is -0.300. The molecular weight excluding hydrogens is 701 g/mol. The number of carboxylic acid groups (broad SMARTS) is 1. The number of aliphatic hydroxyl groups is 2. The highest BCUT2D eigenvalue weighted by atomic mass is 127. The predicted molar refractivity (Wildman–Crippen MR) is 122 cm³/mol. The zero-order valence-electron chi connectivity index (χ0n) is 14.0. The van der Waals surface area contributed by atoms with Gasteiger partial charge in [0.25, 0.3) is 5.91 Å². The molecule has 0 spiro atoms. The van der Waals surface area contributed by atoms with Crippen molar-refractivity contribution in [2.45, 2.75) is 6.10 Å². The van der Waals surface area contributed by atoms with Crippen molar-refractivity contribution in [3.05, 3.63) is 21.8 Å². The third-order valence-electron chi connectivity index (χ3n) is 3.23. The van der Waals surface area contributed by atoms with Gasteiger partial charge in [-0.05, 0) is 67.8 Å². The molecular formula is C15H17I3N2O7. The summed E-state index contributed by atoms with van der Waals surface area (Å²) in [5.41, 5.74) is 0.401. The molecule has 0 aromatic heterocycles. The van der Waals surface area contributed by atoms with Crippen molar-refractivity contribution >= 4 is 91.1 Å². The second-order valence-corrected chi connectivity index (χ2v) is 8.48. The molecule has 1 aromatic carbocycles. The first-order valence-electron chi connectivity index (χ1n) is 7.40. The molecule has 1 rings (SSSR count). The summed E-state index contributed by atoms with van der Waals surface area (Å²) < 4.78 is 5.80. The van der Waals surface area contributed by atoms with Gasteiger partial charge in [-0.1, -0.05) is 0 Å². The minimum absolute atomic E-state index is 0.0637. The molecule has 0 aliphatic carbocycles. The zero-order valence-corrected chi connectivity index (χ0v) is 20.5. The van der Waals surface area contributed by atoms with E-state index in [9.17, 15) is 24.6 Å². The number of hydrogen-bond donors (Lipinski definition) is 5. The molecule has 27 heavy (non-hydrogen) atoms. The largest absolute Gasteiger partial charge is 0.478 e. The fraction of sp³-hybridized carbons (Fsp3) is 0.400. The minimum atomic E-state index is -1.21. The van der Waals surface area contributed by atoms with E-state index in [4.69, 9.17) is 9.84 Å². The fourth-order valence-electron chi connectivity index (χ4n) is 1.97. The number of aliphatic hydroxyl groups excluding tert-OH is 2. The van der Waals surface area contributed by atoms with Crippen molar-refractivity contribution in [1.82, 2.24) is 5.32 Å². The normalized spacial score (nSPS) is 11.8. The molecule has 9 nitrogen and oxygen atoms in total. The topological polar surface area (TPSA) is 145 Å². The number of methoxy groups -OCH3 is 1. The number of rotatable bonds is 10. The molecule has 1 unspecified atom stereocenters. The number of aromatic carboxylic acids is 1. The van der Waals surface area contributed by atoms with E-state index in [1.54, 1.807) is 22.6 Å². The molecule has 1 atom stereocenters. The Morgan fingerprint density at radius 2 is 1.70 bits per heavy atom. The second-order valence-electron chi connectivity index (χ2n) is 5.24. The molecule has 0 heterocycles. The number of ether oxygens (including phenoxy) is 1. The summed E-state index contributed by atoms with van der Waals surface area (Å²) >= 11 is 5.54. The lowest BCUT2D eigenvalue weighted by atomic mass is 10.1. The SMILES string of the molecule is COCC(=O)CNc1c(I)c(C(=O)O)c(I)c(C(=O)NCC(O)CO)c1I. The van der Waals surface area contributed by atoms with Crippen LogP contribution in [-0.4, -0.2) is 72.5 Å². The van der Waals surface area contributed by atoms with Crippen LogP contribution >= 0.6 is 67.8 Å². The second kappa shape index (κ2) is 11.6. The maximum Gasteiger partial charge on any atom is 0.337 e. The predicted octanol–water partition coefficient (Wildman–Crippen LogP) is 0.909. The van der Waals surface area contributed by atoms with Crippen LogP contribution in [0.25, 0.3) is 0 Å². The van der Waals surface area contributed by atoms with Crippen LogP contribution < -0.4 is 10.6 Å². The Bertz CT molecular complexity index is 743. The maximum atomic E-state index is 12.6. The summed E-state index contributed by atoms with van der Waals surface area (Å²) in [6.07, 6.45) is -1.13. The summed E-state index contributed by atoms with van der Waals surface area (Å²) in [4.78, 5) is 36.0. The van der Waals surface area contributed by atoms with Crippen LogP contribution in [0.5, 0.6) is 0 Å². The Labute approximate surface area is 196 Å². The van der Waals surface area contributed by atoms with Crippen molar-refractivity contribution < 1.29 is 34.4 Å². The number of Topliss-reactive ketones (excluding diaryl/α,β-unsaturated/α-hetero) is 1. The molecule has 0 aliphatic heterocycles. The molecule has 1 amide bonds. The Balaban J connectivity index is 3.35. The van der Waals surface area contributed by atoms with Crippen LogP contribution in [0.2, 0.25) is 0 Å². The molecule has 5 N–H and O–H groups in total. The maximum absolute atomic E-state index is 12.6. The third-order valence-corrected chi connectivity index (χ3v) is 6.47. The van der Waals surface area contributed by atoms with E-state index < -0.39 is 24.6 Å². The highest BCUT2D eigenvalue weighted by molar-refractivity contribution is 14.1. The van der Waals surface area contributed by atoms with E-state index in [-0.39, 0.29) is 40.2 Å². The van der Waals surface area contributed by atoms with E-state index in [1.807, 2.05) is 45.2 Å². The van der Waals surface area contributed by atoms with Crippen LogP contribution in [0.15, 0.2) is 0 Å². The van der Waals surface area contributed by atoms with Crippen LogP contribution in [0, 0.1) is 10.7 Å².